The fourth-order valence-electron chi connectivity index (χ4n) is 2.69. The van der Waals surface area contributed by atoms with Crippen LogP contribution in [0.2, 0.25) is 0 Å². The lowest BCUT2D eigenvalue weighted by Gasteiger charge is -1.99. The summed E-state index contributed by atoms with van der Waals surface area (Å²) < 4.78 is 1.75. The number of hydrogen-bond donors (Lipinski definition) is 1. The van der Waals surface area contributed by atoms with Gasteiger partial charge in [0.25, 0.3) is 5.91 Å². The number of benzene rings is 1. The van der Waals surface area contributed by atoms with Gasteiger partial charge in [0.1, 0.15) is 5.69 Å². The van der Waals surface area contributed by atoms with Gasteiger partial charge in [-0.15, -0.1) is 22.7 Å². The molecule has 0 unspecified atom stereocenters. The molecular weight excluding hydrogens is 378 g/mol. The highest BCUT2D eigenvalue weighted by Gasteiger charge is 2.15. The van der Waals surface area contributed by atoms with Crippen LogP contribution in [0.4, 0.5) is 5.13 Å². The molecule has 0 saturated carbocycles. The molecule has 27 heavy (non-hydrogen) atoms. The molecule has 4 rings (SSSR count). The first kappa shape index (κ1) is 17.6. The van der Waals surface area contributed by atoms with Crippen LogP contribution in [-0.4, -0.2) is 25.7 Å². The van der Waals surface area contributed by atoms with E-state index in [1.165, 1.54) is 28.2 Å². The van der Waals surface area contributed by atoms with Gasteiger partial charge >= 0.3 is 0 Å². The van der Waals surface area contributed by atoms with Gasteiger partial charge in [-0.05, 0) is 25.5 Å². The van der Waals surface area contributed by atoms with E-state index in [2.05, 4.69) is 32.5 Å². The van der Waals surface area contributed by atoms with Crippen molar-refractivity contribution in [3.8, 4) is 5.13 Å². The van der Waals surface area contributed by atoms with Crippen molar-refractivity contribution in [2.75, 3.05) is 5.32 Å². The second-order valence-corrected chi connectivity index (χ2v) is 8.05. The Morgan fingerprint density at radius 2 is 2.04 bits per heavy atom. The average Bonchev–Trinajstić information content (AvgIpc) is 3.36. The number of nitrogens with zero attached hydrogens (tertiary/aromatic N) is 4. The van der Waals surface area contributed by atoms with Gasteiger partial charge in [-0.2, -0.15) is 5.10 Å². The zero-order valence-corrected chi connectivity index (χ0v) is 16.5. The molecule has 3 aromatic heterocycles. The van der Waals surface area contributed by atoms with Crippen molar-refractivity contribution in [3.63, 3.8) is 0 Å². The SMILES string of the molecule is Cc1cc(C)n(-c2nc(C(=O)Nc3ncc(Cc4ccccc4)s3)cs2)n1. The normalized spacial score (nSPS) is 10.9. The van der Waals surface area contributed by atoms with Gasteiger partial charge in [0.15, 0.2) is 5.13 Å². The molecule has 0 radical (unpaired) electrons. The first-order valence-electron chi connectivity index (χ1n) is 8.37. The number of carbonyl (C=O) groups is 1. The number of aryl methyl sites for hydroxylation is 2. The Morgan fingerprint density at radius 3 is 2.78 bits per heavy atom. The maximum atomic E-state index is 12.5. The third-order valence-electron chi connectivity index (χ3n) is 3.91. The third kappa shape index (κ3) is 3.96. The summed E-state index contributed by atoms with van der Waals surface area (Å²) >= 11 is 2.86. The van der Waals surface area contributed by atoms with Crippen LogP contribution < -0.4 is 5.32 Å². The van der Waals surface area contributed by atoms with Gasteiger partial charge < -0.3 is 0 Å². The van der Waals surface area contributed by atoms with E-state index in [-0.39, 0.29) is 5.91 Å². The predicted molar refractivity (Wildman–Crippen MR) is 108 cm³/mol. The van der Waals surface area contributed by atoms with E-state index >= 15 is 0 Å². The fourth-order valence-corrected chi connectivity index (χ4v) is 4.35. The quantitative estimate of drug-likeness (QED) is 0.548. The van der Waals surface area contributed by atoms with Crippen molar-refractivity contribution in [1.82, 2.24) is 19.7 Å². The van der Waals surface area contributed by atoms with E-state index in [1.807, 2.05) is 38.1 Å². The smallest absolute Gasteiger partial charge is 0.276 e. The minimum atomic E-state index is -0.264. The topological polar surface area (TPSA) is 72.7 Å². The number of thiazole rings is 2. The molecule has 3 heterocycles. The van der Waals surface area contributed by atoms with Gasteiger partial charge in [0, 0.05) is 28.6 Å². The van der Waals surface area contributed by atoms with E-state index in [1.54, 1.807) is 16.3 Å². The van der Waals surface area contributed by atoms with E-state index in [4.69, 9.17) is 0 Å². The lowest BCUT2D eigenvalue weighted by Crippen LogP contribution is -2.12. The van der Waals surface area contributed by atoms with Crippen LogP contribution in [0.25, 0.3) is 5.13 Å². The van der Waals surface area contributed by atoms with E-state index < -0.39 is 0 Å². The van der Waals surface area contributed by atoms with Crippen molar-refractivity contribution in [1.29, 1.82) is 0 Å². The molecular formula is C19H17N5OS2. The van der Waals surface area contributed by atoms with Crippen LogP contribution in [0.5, 0.6) is 0 Å². The van der Waals surface area contributed by atoms with Crippen molar-refractivity contribution >= 4 is 33.7 Å². The number of anilines is 1. The van der Waals surface area contributed by atoms with Crippen LogP contribution in [0.15, 0.2) is 48.0 Å². The summed E-state index contributed by atoms with van der Waals surface area (Å²) in [6.45, 7) is 3.89. The van der Waals surface area contributed by atoms with E-state index in [9.17, 15) is 4.79 Å². The molecule has 0 bridgehead atoms. The molecule has 1 aromatic carbocycles. The maximum Gasteiger partial charge on any atom is 0.276 e. The summed E-state index contributed by atoms with van der Waals surface area (Å²) in [5.41, 5.74) is 3.48. The molecule has 0 aliphatic heterocycles. The summed E-state index contributed by atoms with van der Waals surface area (Å²) in [4.78, 5) is 22.3. The minimum Gasteiger partial charge on any atom is -0.296 e. The second kappa shape index (κ2) is 7.42. The fraction of sp³-hybridized carbons (Fsp3) is 0.158. The van der Waals surface area contributed by atoms with E-state index in [0.717, 1.165) is 22.7 Å². The molecule has 0 aliphatic rings. The highest BCUT2D eigenvalue weighted by atomic mass is 32.1. The van der Waals surface area contributed by atoms with Crippen LogP contribution in [0.3, 0.4) is 0 Å². The highest BCUT2D eigenvalue weighted by Crippen LogP contribution is 2.23. The number of nitrogens with one attached hydrogen (secondary N) is 1. The molecule has 0 spiro atoms. The Bertz CT molecular complexity index is 1080. The molecule has 0 atom stereocenters. The number of amides is 1. The zero-order chi connectivity index (χ0) is 18.8. The first-order chi connectivity index (χ1) is 13.1. The predicted octanol–water partition coefficient (Wildman–Crippen LogP) is 4.25. The minimum absolute atomic E-state index is 0.264. The summed E-state index contributed by atoms with van der Waals surface area (Å²) in [6, 6.07) is 12.2. The third-order valence-corrected chi connectivity index (χ3v) is 5.64. The molecule has 0 aliphatic carbocycles. The summed E-state index contributed by atoms with van der Waals surface area (Å²) in [5.74, 6) is -0.264. The molecule has 6 nitrogen and oxygen atoms in total. The Balaban J connectivity index is 1.45. The van der Waals surface area contributed by atoms with Gasteiger partial charge in [0.2, 0.25) is 5.13 Å². The number of aromatic nitrogens is 4. The zero-order valence-electron chi connectivity index (χ0n) is 14.8. The van der Waals surface area contributed by atoms with Crippen molar-refractivity contribution in [3.05, 3.63) is 75.5 Å². The Labute approximate surface area is 164 Å². The Morgan fingerprint density at radius 1 is 1.22 bits per heavy atom. The van der Waals surface area contributed by atoms with Gasteiger partial charge in [-0.1, -0.05) is 30.3 Å². The monoisotopic (exact) mass is 395 g/mol. The Hall–Kier alpha value is -2.84. The average molecular weight is 396 g/mol. The summed E-state index contributed by atoms with van der Waals surface area (Å²) in [5, 5.41) is 10.2. The molecule has 8 heteroatoms. The van der Waals surface area contributed by atoms with Crippen LogP contribution in [0, 0.1) is 13.8 Å². The largest absolute Gasteiger partial charge is 0.296 e. The second-order valence-electron chi connectivity index (χ2n) is 6.10. The lowest BCUT2D eigenvalue weighted by molar-refractivity contribution is 0.102. The van der Waals surface area contributed by atoms with Crippen LogP contribution >= 0.6 is 22.7 Å². The van der Waals surface area contributed by atoms with Crippen molar-refractivity contribution in [2.45, 2.75) is 20.3 Å². The van der Waals surface area contributed by atoms with Crippen LogP contribution in [0.1, 0.15) is 32.3 Å². The number of rotatable bonds is 5. The highest BCUT2D eigenvalue weighted by molar-refractivity contribution is 7.15. The number of carbonyl (C=O) groups excluding carboxylic acids is 1. The summed E-state index contributed by atoms with van der Waals surface area (Å²) in [7, 11) is 0. The van der Waals surface area contributed by atoms with Crippen molar-refractivity contribution < 1.29 is 4.79 Å². The molecule has 1 N–H and O–H groups in total. The van der Waals surface area contributed by atoms with E-state index in [0.29, 0.717) is 16.0 Å². The molecule has 136 valence electrons. The van der Waals surface area contributed by atoms with Gasteiger partial charge in [-0.25, -0.2) is 14.6 Å². The van der Waals surface area contributed by atoms with Gasteiger partial charge in [0.05, 0.1) is 5.69 Å². The molecule has 0 saturated heterocycles. The standard InChI is InChI=1S/C19H17N5OS2/c1-12-8-13(2)24(23-12)19-21-16(11-26-19)17(25)22-18-20-10-15(27-18)9-14-6-4-3-5-7-14/h3-8,10-11H,9H2,1-2H3,(H,20,22,25). The maximum absolute atomic E-state index is 12.5. The van der Waals surface area contributed by atoms with Gasteiger partial charge in [-0.3, -0.25) is 10.1 Å². The molecule has 1 amide bonds. The molecule has 4 aromatic rings. The number of hydrogen-bond acceptors (Lipinski definition) is 6. The molecule has 0 fully saturated rings. The van der Waals surface area contributed by atoms with Crippen LogP contribution in [-0.2, 0) is 6.42 Å². The first-order valence-corrected chi connectivity index (χ1v) is 10.1. The lowest BCUT2D eigenvalue weighted by atomic mass is 10.1. The Kier molecular flexibility index (Phi) is 4.83. The van der Waals surface area contributed by atoms with Crippen molar-refractivity contribution in [2.24, 2.45) is 0 Å². The summed E-state index contributed by atoms with van der Waals surface area (Å²) in [6.07, 6.45) is 2.60.